The summed E-state index contributed by atoms with van der Waals surface area (Å²) >= 11 is 0. The third-order valence-electron chi connectivity index (χ3n) is 3.96. The molecule has 0 heterocycles. The molecular weight excluding hydrogens is 367 g/mol. The van der Waals surface area contributed by atoms with Gasteiger partial charge in [-0.3, -0.25) is 0 Å². The van der Waals surface area contributed by atoms with Crippen LogP contribution >= 0.6 is 0 Å². The van der Waals surface area contributed by atoms with Gasteiger partial charge in [0.25, 0.3) is 0 Å². The van der Waals surface area contributed by atoms with Gasteiger partial charge in [0.15, 0.2) is 0 Å². The normalized spacial score (nSPS) is 15.5. The van der Waals surface area contributed by atoms with Gasteiger partial charge in [0.2, 0.25) is 20.0 Å². The number of rotatable bonds is 6. The van der Waals surface area contributed by atoms with Crippen molar-refractivity contribution < 1.29 is 21.2 Å². The quantitative estimate of drug-likeness (QED) is 0.821. The zero-order valence-corrected chi connectivity index (χ0v) is 14.8. The minimum Gasteiger partial charge on any atom is -0.225 e. The van der Waals surface area contributed by atoms with E-state index < -0.39 is 20.0 Å². The lowest BCUT2D eigenvalue weighted by Gasteiger charge is -2.22. The first kappa shape index (κ1) is 18.0. The number of nitrogens with zero attached hydrogens (tertiary/aromatic N) is 1. The Hall–Kier alpha value is -1.81. The second-order valence-electron chi connectivity index (χ2n) is 5.92. The van der Waals surface area contributed by atoms with E-state index in [2.05, 4.69) is 0 Å². The van der Waals surface area contributed by atoms with Gasteiger partial charge in [0, 0.05) is 12.6 Å². The molecule has 0 unspecified atom stereocenters. The van der Waals surface area contributed by atoms with Crippen LogP contribution in [0.4, 0.5) is 4.39 Å². The average Bonchev–Trinajstić information content (AvgIpc) is 3.38. The first-order valence-electron chi connectivity index (χ1n) is 7.57. The summed E-state index contributed by atoms with van der Waals surface area (Å²) in [7, 11) is -7.69. The molecule has 2 N–H and O–H groups in total. The third-order valence-corrected chi connectivity index (χ3v) is 6.81. The van der Waals surface area contributed by atoms with Crippen LogP contribution < -0.4 is 5.14 Å². The molecule has 1 aliphatic rings. The van der Waals surface area contributed by atoms with Gasteiger partial charge in [0.05, 0.1) is 9.79 Å². The van der Waals surface area contributed by atoms with E-state index in [1.54, 1.807) is 12.1 Å². The van der Waals surface area contributed by atoms with Crippen LogP contribution in [0.5, 0.6) is 0 Å². The molecule has 0 bridgehead atoms. The van der Waals surface area contributed by atoms with E-state index in [0.29, 0.717) is 5.56 Å². The van der Waals surface area contributed by atoms with Gasteiger partial charge in [-0.1, -0.05) is 12.1 Å². The first-order valence-corrected chi connectivity index (χ1v) is 10.6. The number of hydrogen-bond acceptors (Lipinski definition) is 4. The lowest BCUT2D eigenvalue weighted by molar-refractivity contribution is 0.398. The van der Waals surface area contributed by atoms with Crippen molar-refractivity contribution in [3.05, 3.63) is 59.9 Å². The second-order valence-corrected chi connectivity index (χ2v) is 9.38. The van der Waals surface area contributed by atoms with E-state index in [4.69, 9.17) is 5.14 Å². The molecule has 0 atom stereocenters. The van der Waals surface area contributed by atoms with Gasteiger partial charge in [0.1, 0.15) is 5.82 Å². The van der Waals surface area contributed by atoms with E-state index in [1.807, 2.05) is 0 Å². The zero-order chi connectivity index (χ0) is 18.2. The maximum absolute atomic E-state index is 13.0. The Kier molecular flexibility index (Phi) is 4.67. The standard InChI is InChI=1S/C16H17FN2O4S2/c17-13-3-1-12(2-4-13)11-19(14-5-6-14)25(22,23)16-9-7-15(8-10-16)24(18,20)21/h1-4,7-10,14H,5-6,11H2,(H2,18,20,21). The summed E-state index contributed by atoms with van der Waals surface area (Å²) in [6.45, 7) is 0.129. The molecule has 2 aromatic rings. The zero-order valence-electron chi connectivity index (χ0n) is 13.2. The monoisotopic (exact) mass is 384 g/mol. The molecule has 0 spiro atoms. The second kappa shape index (κ2) is 6.49. The molecule has 2 aromatic carbocycles. The fourth-order valence-corrected chi connectivity index (χ4v) is 4.67. The summed E-state index contributed by atoms with van der Waals surface area (Å²) in [5.41, 5.74) is 0.679. The van der Waals surface area contributed by atoms with E-state index in [-0.39, 0.29) is 28.2 Å². The Morgan fingerprint density at radius 2 is 1.44 bits per heavy atom. The highest BCUT2D eigenvalue weighted by Crippen LogP contribution is 2.33. The highest BCUT2D eigenvalue weighted by molar-refractivity contribution is 7.89. The molecule has 0 radical (unpaired) electrons. The van der Waals surface area contributed by atoms with Crippen molar-refractivity contribution in [1.29, 1.82) is 0 Å². The van der Waals surface area contributed by atoms with Crippen LogP contribution in [0, 0.1) is 5.82 Å². The summed E-state index contributed by atoms with van der Waals surface area (Å²) < 4.78 is 62.8. The summed E-state index contributed by atoms with van der Waals surface area (Å²) in [4.78, 5) is -0.156. The van der Waals surface area contributed by atoms with Gasteiger partial charge < -0.3 is 0 Å². The molecule has 1 fully saturated rings. The molecule has 1 saturated carbocycles. The Morgan fingerprint density at radius 3 is 1.92 bits per heavy atom. The maximum Gasteiger partial charge on any atom is 0.243 e. The van der Waals surface area contributed by atoms with Gasteiger partial charge in [-0.25, -0.2) is 26.4 Å². The van der Waals surface area contributed by atoms with Crippen LogP contribution in [-0.4, -0.2) is 27.2 Å². The number of primary sulfonamides is 1. The Morgan fingerprint density at radius 1 is 0.920 bits per heavy atom. The average molecular weight is 384 g/mol. The smallest absolute Gasteiger partial charge is 0.225 e. The summed E-state index contributed by atoms with van der Waals surface area (Å²) in [5, 5.41) is 5.03. The lowest BCUT2D eigenvalue weighted by Crippen LogP contribution is -2.32. The van der Waals surface area contributed by atoms with E-state index in [9.17, 15) is 21.2 Å². The first-order chi connectivity index (χ1) is 11.7. The Bertz CT molecular complexity index is 968. The van der Waals surface area contributed by atoms with Crippen LogP contribution in [0.15, 0.2) is 58.3 Å². The van der Waals surface area contributed by atoms with Crippen molar-refractivity contribution in [2.75, 3.05) is 0 Å². The minimum absolute atomic E-state index is 0.00564. The molecule has 0 aliphatic heterocycles. The van der Waals surface area contributed by atoms with Crippen LogP contribution in [0.2, 0.25) is 0 Å². The number of halogens is 1. The van der Waals surface area contributed by atoms with Crippen LogP contribution in [0.25, 0.3) is 0 Å². The van der Waals surface area contributed by atoms with Crippen molar-refractivity contribution in [2.45, 2.75) is 35.2 Å². The van der Waals surface area contributed by atoms with Crippen molar-refractivity contribution in [3.63, 3.8) is 0 Å². The van der Waals surface area contributed by atoms with E-state index in [1.165, 1.54) is 40.7 Å². The molecule has 0 aromatic heterocycles. The molecule has 0 amide bonds. The number of hydrogen-bond donors (Lipinski definition) is 1. The number of sulfonamides is 2. The van der Waals surface area contributed by atoms with Crippen molar-refractivity contribution >= 4 is 20.0 Å². The number of benzene rings is 2. The van der Waals surface area contributed by atoms with Crippen LogP contribution in [-0.2, 0) is 26.6 Å². The predicted octanol–water partition coefficient (Wildman–Crippen LogP) is 1.83. The largest absolute Gasteiger partial charge is 0.243 e. The summed E-state index contributed by atoms with van der Waals surface area (Å²) in [6.07, 6.45) is 1.52. The lowest BCUT2D eigenvalue weighted by atomic mass is 10.2. The molecule has 134 valence electrons. The molecular formula is C16H17FN2O4S2. The van der Waals surface area contributed by atoms with Crippen molar-refractivity contribution in [3.8, 4) is 0 Å². The molecule has 0 saturated heterocycles. The molecule has 25 heavy (non-hydrogen) atoms. The molecule has 9 heteroatoms. The van der Waals surface area contributed by atoms with Gasteiger partial charge in [-0.15, -0.1) is 0 Å². The highest BCUT2D eigenvalue weighted by Gasteiger charge is 2.38. The molecule has 3 rings (SSSR count). The van der Waals surface area contributed by atoms with Gasteiger partial charge in [-0.2, -0.15) is 4.31 Å². The molecule has 6 nitrogen and oxygen atoms in total. The number of nitrogens with two attached hydrogens (primary N) is 1. The Balaban J connectivity index is 1.91. The maximum atomic E-state index is 13.0. The minimum atomic E-state index is -3.89. The van der Waals surface area contributed by atoms with E-state index >= 15 is 0 Å². The summed E-state index contributed by atoms with van der Waals surface area (Å²) in [6, 6.07) is 10.4. The fourth-order valence-electron chi connectivity index (χ4n) is 2.48. The van der Waals surface area contributed by atoms with Gasteiger partial charge >= 0.3 is 0 Å². The fraction of sp³-hybridized carbons (Fsp3) is 0.250. The van der Waals surface area contributed by atoms with E-state index in [0.717, 1.165) is 12.8 Å². The van der Waals surface area contributed by atoms with Crippen molar-refractivity contribution in [1.82, 2.24) is 4.31 Å². The van der Waals surface area contributed by atoms with Gasteiger partial charge in [-0.05, 0) is 54.8 Å². The third kappa shape index (κ3) is 4.06. The summed E-state index contributed by atoms with van der Waals surface area (Å²) in [5.74, 6) is -0.386. The Labute approximate surface area is 146 Å². The van der Waals surface area contributed by atoms with Crippen LogP contribution in [0.1, 0.15) is 18.4 Å². The predicted molar refractivity (Wildman–Crippen MR) is 90.0 cm³/mol. The highest BCUT2D eigenvalue weighted by atomic mass is 32.2. The van der Waals surface area contributed by atoms with Crippen LogP contribution in [0.3, 0.4) is 0 Å². The topological polar surface area (TPSA) is 97.5 Å². The molecule has 1 aliphatic carbocycles. The van der Waals surface area contributed by atoms with Crippen molar-refractivity contribution in [2.24, 2.45) is 5.14 Å². The SMILES string of the molecule is NS(=O)(=O)c1ccc(S(=O)(=O)N(Cc2ccc(F)cc2)C2CC2)cc1.